The van der Waals surface area contributed by atoms with Crippen LogP contribution in [-0.2, 0) is 17.1 Å². The number of sulfonamides is 1. The van der Waals surface area contributed by atoms with Crippen molar-refractivity contribution >= 4 is 37.3 Å². The van der Waals surface area contributed by atoms with E-state index in [0.29, 0.717) is 15.2 Å². The Morgan fingerprint density at radius 1 is 1.39 bits per heavy atom. The Labute approximate surface area is 148 Å². The number of rotatable bonds is 3. The van der Waals surface area contributed by atoms with Crippen LogP contribution in [0.5, 0.6) is 0 Å². The van der Waals surface area contributed by atoms with Crippen LogP contribution in [0.4, 0.5) is 0 Å². The van der Waals surface area contributed by atoms with E-state index in [4.69, 9.17) is 5.26 Å². The van der Waals surface area contributed by atoms with Crippen LogP contribution in [0.1, 0.15) is 35.9 Å². The molecule has 0 saturated heterocycles. The summed E-state index contributed by atoms with van der Waals surface area (Å²) in [6.45, 7) is 6.05. The van der Waals surface area contributed by atoms with Gasteiger partial charge in [0.2, 0.25) is 4.80 Å². The molecule has 1 aromatic heterocycles. The highest BCUT2D eigenvalue weighted by Gasteiger charge is 2.20. The van der Waals surface area contributed by atoms with E-state index in [0.717, 1.165) is 10.6 Å². The van der Waals surface area contributed by atoms with Crippen LogP contribution in [0.2, 0.25) is 0 Å². The Kier molecular flexibility index (Phi) is 5.14. The molecule has 1 heterocycles. The van der Waals surface area contributed by atoms with Crippen LogP contribution in [0, 0.1) is 18.3 Å². The molecule has 0 atom stereocenters. The molecule has 0 aliphatic carbocycles. The van der Waals surface area contributed by atoms with E-state index < -0.39 is 10.0 Å². The summed E-state index contributed by atoms with van der Waals surface area (Å²) in [5, 5.41) is 9.14. The lowest BCUT2D eigenvalue weighted by Crippen LogP contribution is -2.15. The summed E-state index contributed by atoms with van der Waals surface area (Å²) in [6.07, 6.45) is 0. The van der Waals surface area contributed by atoms with Gasteiger partial charge in [0.05, 0.1) is 5.56 Å². The summed E-state index contributed by atoms with van der Waals surface area (Å²) < 4.78 is 31.6. The fourth-order valence-corrected chi connectivity index (χ4v) is 5.16. The third kappa shape index (κ3) is 3.57. The van der Waals surface area contributed by atoms with Crippen molar-refractivity contribution in [2.45, 2.75) is 31.6 Å². The predicted molar refractivity (Wildman–Crippen MR) is 93.7 cm³/mol. The van der Waals surface area contributed by atoms with Crippen molar-refractivity contribution in [3.63, 3.8) is 0 Å². The maximum absolute atomic E-state index is 12.6. The molecule has 0 amide bonds. The average Bonchev–Trinajstić information content (AvgIpc) is 2.75. The number of hydrogen-bond acceptors (Lipinski definition) is 4. The lowest BCUT2D eigenvalue weighted by molar-refractivity contribution is 0.595. The van der Waals surface area contributed by atoms with Gasteiger partial charge in [0.15, 0.2) is 0 Å². The average molecular weight is 414 g/mol. The van der Waals surface area contributed by atoms with E-state index in [2.05, 4.69) is 34.2 Å². The molecule has 8 heteroatoms. The van der Waals surface area contributed by atoms with E-state index in [1.165, 1.54) is 23.5 Å². The van der Waals surface area contributed by atoms with Gasteiger partial charge in [-0.3, -0.25) is 0 Å². The zero-order valence-corrected chi connectivity index (χ0v) is 16.4. The molecule has 0 bridgehead atoms. The largest absolute Gasteiger partial charge is 0.323 e. The van der Waals surface area contributed by atoms with Crippen molar-refractivity contribution in [3.05, 3.63) is 43.6 Å². The van der Waals surface area contributed by atoms with E-state index in [9.17, 15) is 8.42 Å². The second-order valence-corrected chi connectivity index (χ2v) is 8.86. The van der Waals surface area contributed by atoms with Gasteiger partial charge in [0.25, 0.3) is 10.0 Å². The topological polar surface area (TPSA) is 75.2 Å². The number of halogens is 1. The number of hydrogen-bond donors (Lipinski definition) is 0. The first-order valence-corrected chi connectivity index (χ1v) is 9.89. The molecule has 2 rings (SSSR count). The highest BCUT2D eigenvalue weighted by Crippen LogP contribution is 2.24. The van der Waals surface area contributed by atoms with Crippen molar-refractivity contribution in [3.8, 4) is 6.07 Å². The number of benzene rings is 1. The molecule has 2 aromatic rings. The Bertz CT molecular complexity index is 964. The van der Waals surface area contributed by atoms with E-state index in [1.807, 2.05) is 13.0 Å². The van der Waals surface area contributed by atoms with E-state index in [1.54, 1.807) is 17.7 Å². The number of aromatic nitrogens is 1. The van der Waals surface area contributed by atoms with Crippen LogP contribution in [0.3, 0.4) is 0 Å². The molecule has 23 heavy (non-hydrogen) atoms. The summed E-state index contributed by atoms with van der Waals surface area (Å²) in [6, 6.07) is 6.40. The molecule has 0 aliphatic rings. The van der Waals surface area contributed by atoms with Gasteiger partial charge in [0, 0.05) is 22.1 Å². The monoisotopic (exact) mass is 413 g/mol. The SMILES string of the molecule is Cc1c(C(C)C)s/c(=N\S(=O)(=O)c2cc(Br)ccc2C#N)n1C. The summed E-state index contributed by atoms with van der Waals surface area (Å²) in [7, 11) is -2.18. The molecule has 0 fully saturated rings. The molecular weight excluding hydrogens is 398 g/mol. The second kappa shape index (κ2) is 6.59. The standard InChI is InChI=1S/C15H16BrN3O2S2/c1-9(2)14-10(3)19(4)15(22-14)18-23(20,21)13-7-12(16)6-5-11(13)8-17/h5-7,9H,1-4H3/b18-15-. The van der Waals surface area contributed by atoms with Gasteiger partial charge in [-0.25, -0.2) is 0 Å². The maximum Gasteiger partial charge on any atom is 0.286 e. The van der Waals surface area contributed by atoms with Crippen LogP contribution >= 0.6 is 27.3 Å². The van der Waals surface area contributed by atoms with Gasteiger partial charge in [-0.1, -0.05) is 29.8 Å². The molecule has 5 nitrogen and oxygen atoms in total. The third-order valence-corrected chi connectivity index (χ3v) is 6.86. The molecule has 0 N–H and O–H groups in total. The number of thiazole rings is 1. The first kappa shape index (κ1) is 17.9. The third-order valence-electron chi connectivity index (χ3n) is 3.41. The zero-order chi connectivity index (χ0) is 17.4. The Hall–Kier alpha value is -1.43. The second-order valence-electron chi connectivity index (χ2n) is 5.37. The summed E-state index contributed by atoms with van der Waals surface area (Å²) in [5.74, 6) is 0.290. The molecular formula is C15H16BrN3O2S2. The van der Waals surface area contributed by atoms with Crippen molar-refractivity contribution < 1.29 is 8.42 Å². The van der Waals surface area contributed by atoms with Gasteiger partial charge in [-0.05, 0) is 31.0 Å². The Morgan fingerprint density at radius 3 is 2.57 bits per heavy atom. The lowest BCUT2D eigenvalue weighted by Gasteiger charge is -2.03. The first-order valence-electron chi connectivity index (χ1n) is 6.84. The van der Waals surface area contributed by atoms with Crippen molar-refractivity contribution in [2.24, 2.45) is 11.4 Å². The van der Waals surface area contributed by atoms with Crippen molar-refractivity contribution in [1.82, 2.24) is 4.57 Å². The molecule has 122 valence electrons. The Morgan fingerprint density at radius 2 is 2.04 bits per heavy atom. The van der Waals surface area contributed by atoms with Crippen LogP contribution in [0.15, 0.2) is 32.0 Å². The fourth-order valence-electron chi connectivity index (χ4n) is 2.12. The molecule has 0 saturated carbocycles. The highest BCUT2D eigenvalue weighted by atomic mass is 79.9. The van der Waals surface area contributed by atoms with E-state index >= 15 is 0 Å². The minimum Gasteiger partial charge on any atom is -0.323 e. The Balaban J connectivity index is 2.71. The first-order chi connectivity index (χ1) is 10.7. The normalized spacial score (nSPS) is 12.7. The molecule has 0 spiro atoms. The predicted octanol–water partition coefficient (Wildman–Crippen LogP) is 3.44. The number of nitriles is 1. The quantitative estimate of drug-likeness (QED) is 0.772. The molecule has 0 radical (unpaired) electrons. The smallest absolute Gasteiger partial charge is 0.286 e. The van der Waals surface area contributed by atoms with Crippen LogP contribution in [-0.4, -0.2) is 13.0 Å². The van der Waals surface area contributed by atoms with E-state index in [-0.39, 0.29) is 10.5 Å². The van der Waals surface area contributed by atoms with Crippen LogP contribution in [0.25, 0.3) is 0 Å². The van der Waals surface area contributed by atoms with Gasteiger partial charge >= 0.3 is 0 Å². The molecule has 0 aliphatic heterocycles. The maximum atomic E-state index is 12.6. The number of nitrogens with zero attached hydrogens (tertiary/aromatic N) is 3. The molecule has 0 unspecified atom stereocenters. The lowest BCUT2D eigenvalue weighted by atomic mass is 10.1. The van der Waals surface area contributed by atoms with Gasteiger partial charge in [0.1, 0.15) is 11.0 Å². The minimum atomic E-state index is -3.97. The summed E-state index contributed by atoms with van der Waals surface area (Å²) in [4.78, 5) is 1.40. The zero-order valence-electron chi connectivity index (χ0n) is 13.2. The van der Waals surface area contributed by atoms with Gasteiger partial charge < -0.3 is 4.57 Å². The summed E-state index contributed by atoms with van der Waals surface area (Å²) in [5.41, 5.74) is 1.07. The van der Waals surface area contributed by atoms with Crippen molar-refractivity contribution in [2.75, 3.05) is 0 Å². The summed E-state index contributed by atoms with van der Waals surface area (Å²) >= 11 is 4.59. The van der Waals surface area contributed by atoms with Crippen molar-refractivity contribution in [1.29, 1.82) is 5.26 Å². The van der Waals surface area contributed by atoms with Gasteiger partial charge in [-0.2, -0.15) is 13.7 Å². The highest BCUT2D eigenvalue weighted by molar-refractivity contribution is 9.10. The van der Waals surface area contributed by atoms with Gasteiger partial charge in [-0.15, -0.1) is 15.7 Å². The fraction of sp³-hybridized carbons (Fsp3) is 0.333. The molecule has 1 aromatic carbocycles. The minimum absolute atomic E-state index is 0.0805. The van der Waals surface area contributed by atoms with Crippen LogP contribution < -0.4 is 4.80 Å².